The molecule has 0 unspecified atom stereocenters. The Morgan fingerprint density at radius 3 is 2.80 bits per heavy atom. The first-order chi connectivity index (χ1) is 9.54. The molecule has 0 saturated carbocycles. The van der Waals surface area contributed by atoms with Crippen molar-refractivity contribution in [3.05, 3.63) is 34.8 Å². The lowest BCUT2D eigenvalue weighted by atomic mass is 10.1. The summed E-state index contributed by atoms with van der Waals surface area (Å²) < 4.78 is 5.90. The fourth-order valence-corrected chi connectivity index (χ4v) is 2.51. The van der Waals surface area contributed by atoms with Gasteiger partial charge in [0.2, 0.25) is 0 Å². The minimum Gasteiger partial charge on any atom is -0.465 e. The number of rotatable bonds is 6. The van der Waals surface area contributed by atoms with Gasteiger partial charge in [0.1, 0.15) is 11.5 Å². The van der Waals surface area contributed by atoms with E-state index < -0.39 is 0 Å². The number of furan rings is 1. The van der Waals surface area contributed by atoms with Gasteiger partial charge in [0, 0.05) is 25.2 Å². The van der Waals surface area contributed by atoms with Gasteiger partial charge in [-0.15, -0.1) is 0 Å². The van der Waals surface area contributed by atoms with Crippen LogP contribution in [0, 0.1) is 12.8 Å². The van der Waals surface area contributed by atoms with Gasteiger partial charge in [-0.05, 0) is 38.8 Å². The highest BCUT2D eigenvalue weighted by Gasteiger charge is 2.13. The Kier molecular flexibility index (Phi) is 5.44. The van der Waals surface area contributed by atoms with Crippen LogP contribution >= 0.6 is 0 Å². The van der Waals surface area contributed by atoms with Crippen LogP contribution in [0.5, 0.6) is 0 Å². The van der Waals surface area contributed by atoms with Crippen molar-refractivity contribution in [2.45, 2.75) is 47.2 Å². The maximum Gasteiger partial charge on any atom is 0.118 e. The molecule has 0 fully saturated rings. The predicted molar refractivity (Wildman–Crippen MR) is 83.6 cm³/mol. The Morgan fingerprint density at radius 1 is 1.35 bits per heavy atom. The van der Waals surface area contributed by atoms with Gasteiger partial charge in [-0.2, -0.15) is 0 Å². The second kappa shape index (κ2) is 7.09. The minimum absolute atomic E-state index is 0.685. The molecular formula is C17H28N2O. The molecule has 1 N–H and O–H groups in total. The van der Waals surface area contributed by atoms with Crippen molar-refractivity contribution in [2.75, 3.05) is 19.6 Å². The van der Waals surface area contributed by atoms with E-state index in [1.165, 1.54) is 17.6 Å². The maximum absolute atomic E-state index is 5.90. The normalized spacial score (nSPS) is 16.8. The molecule has 1 aromatic heterocycles. The lowest BCUT2D eigenvalue weighted by molar-refractivity contribution is 0.259. The molecule has 112 valence electrons. The summed E-state index contributed by atoms with van der Waals surface area (Å²) in [6.45, 7) is 13.8. The molecule has 0 saturated heterocycles. The smallest absolute Gasteiger partial charge is 0.118 e. The summed E-state index contributed by atoms with van der Waals surface area (Å²) in [4.78, 5) is 2.44. The van der Waals surface area contributed by atoms with Crippen LogP contribution in [0.2, 0.25) is 0 Å². The zero-order valence-electron chi connectivity index (χ0n) is 13.3. The summed E-state index contributed by atoms with van der Waals surface area (Å²) in [6, 6.07) is 2.22. The highest BCUT2D eigenvalue weighted by molar-refractivity contribution is 5.21. The SMILES string of the molecule is CC1=CCN(Cc2cc(CNCC(C)C)c(C)o2)CC1. The second-order valence-corrected chi connectivity index (χ2v) is 6.35. The molecule has 20 heavy (non-hydrogen) atoms. The monoisotopic (exact) mass is 276 g/mol. The molecule has 0 spiro atoms. The van der Waals surface area contributed by atoms with Crippen molar-refractivity contribution < 1.29 is 4.42 Å². The van der Waals surface area contributed by atoms with E-state index in [1.54, 1.807) is 0 Å². The maximum atomic E-state index is 5.90. The fraction of sp³-hybridized carbons (Fsp3) is 0.647. The first kappa shape index (κ1) is 15.3. The third kappa shape index (κ3) is 4.50. The molecule has 1 aromatic rings. The third-order valence-corrected chi connectivity index (χ3v) is 3.84. The van der Waals surface area contributed by atoms with Gasteiger partial charge < -0.3 is 9.73 Å². The Balaban J connectivity index is 1.87. The lowest BCUT2D eigenvalue weighted by Crippen LogP contribution is -2.27. The van der Waals surface area contributed by atoms with Gasteiger partial charge in [0.25, 0.3) is 0 Å². The number of hydrogen-bond donors (Lipinski definition) is 1. The summed E-state index contributed by atoms with van der Waals surface area (Å²) in [5.41, 5.74) is 2.81. The van der Waals surface area contributed by atoms with Crippen LogP contribution in [0.3, 0.4) is 0 Å². The summed E-state index contributed by atoms with van der Waals surface area (Å²) in [7, 11) is 0. The van der Waals surface area contributed by atoms with E-state index in [0.717, 1.165) is 44.2 Å². The van der Waals surface area contributed by atoms with E-state index in [2.05, 4.69) is 50.1 Å². The molecule has 0 bridgehead atoms. The molecule has 3 nitrogen and oxygen atoms in total. The van der Waals surface area contributed by atoms with Crippen molar-refractivity contribution in [1.82, 2.24) is 10.2 Å². The van der Waals surface area contributed by atoms with Crippen molar-refractivity contribution in [3.63, 3.8) is 0 Å². The Bertz CT molecular complexity index is 460. The number of nitrogens with zero attached hydrogens (tertiary/aromatic N) is 1. The molecule has 1 aliphatic rings. The van der Waals surface area contributed by atoms with E-state index >= 15 is 0 Å². The molecule has 2 heterocycles. The molecule has 3 heteroatoms. The van der Waals surface area contributed by atoms with E-state index in [1.807, 2.05) is 0 Å². The van der Waals surface area contributed by atoms with Gasteiger partial charge in [-0.25, -0.2) is 0 Å². The van der Waals surface area contributed by atoms with Gasteiger partial charge in [0.15, 0.2) is 0 Å². The number of hydrogen-bond acceptors (Lipinski definition) is 3. The second-order valence-electron chi connectivity index (χ2n) is 6.35. The third-order valence-electron chi connectivity index (χ3n) is 3.84. The van der Waals surface area contributed by atoms with E-state index in [9.17, 15) is 0 Å². The van der Waals surface area contributed by atoms with Gasteiger partial charge in [-0.3, -0.25) is 4.90 Å². The lowest BCUT2D eigenvalue weighted by Gasteiger charge is -2.23. The highest BCUT2D eigenvalue weighted by Crippen LogP contribution is 2.18. The van der Waals surface area contributed by atoms with E-state index in [4.69, 9.17) is 4.42 Å². The zero-order chi connectivity index (χ0) is 14.5. The topological polar surface area (TPSA) is 28.4 Å². The number of aryl methyl sites for hydroxylation is 1. The molecule has 0 atom stereocenters. The van der Waals surface area contributed by atoms with Crippen LogP contribution in [-0.2, 0) is 13.1 Å². The van der Waals surface area contributed by atoms with Crippen LogP contribution in [0.1, 0.15) is 44.3 Å². The first-order valence-corrected chi connectivity index (χ1v) is 7.71. The van der Waals surface area contributed by atoms with Crippen LogP contribution in [-0.4, -0.2) is 24.5 Å². The van der Waals surface area contributed by atoms with Crippen LogP contribution < -0.4 is 5.32 Å². The summed E-state index contributed by atoms with van der Waals surface area (Å²) >= 11 is 0. The van der Waals surface area contributed by atoms with Crippen molar-refractivity contribution in [2.24, 2.45) is 5.92 Å². The van der Waals surface area contributed by atoms with Crippen LogP contribution in [0.25, 0.3) is 0 Å². The molecule has 1 aliphatic heterocycles. The Labute approximate surface area is 123 Å². The van der Waals surface area contributed by atoms with Crippen molar-refractivity contribution in [1.29, 1.82) is 0 Å². The van der Waals surface area contributed by atoms with Gasteiger partial charge in [0.05, 0.1) is 6.54 Å². The van der Waals surface area contributed by atoms with Crippen LogP contribution in [0.4, 0.5) is 0 Å². The predicted octanol–water partition coefficient (Wildman–Crippen LogP) is 3.49. The van der Waals surface area contributed by atoms with Crippen molar-refractivity contribution in [3.8, 4) is 0 Å². The summed E-state index contributed by atoms with van der Waals surface area (Å²) in [5, 5.41) is 3.48. The average molecular weight is 276 g/mol. The molecular weight excluding hydrogens is 248 g/mol. The van der Waals surface area contributed by atoms with Crippen LogP contribution in [0.15, 0.2) is 22.1 Å². The van der Waals surface area contributed by atoms with E-state index in [0.29, 0.717) is 5.92 Å². The molecule has 0 aliphatic carbocycles. The molecule has 0 amide bonds. The highest BCUT2D eigenvalue weighted by atomic mass is 16.3. The average Bonchev–Trinajstić information content (AvgIpc) is 2.72. The summed E-state index contributed by atoms with van der Waals surface area (Å²) in [5.74, 6) is 2.84. The standard InChI is InChI=1S/C17H28N2O/c1-13(2)10-18-11-16-9-17(20-15(16)4)12-19-7-5-14(3)6-8-19/h5,9,13,18H,6-8,10-12H2,1-4H3. The molecule has 0 radical (unpaired) electrons. The summed E-state index contributed by atoms with van der Waals surface area (Å²) in [6.07, 6.45) is 3.51. The number of nitrogens with one attached hydrogen (secondary N) is 1. The minimum atomic E-state index is 0.685. The fourth-order valence-electron chi connectivity index (χ4n) is 2.51. The zero-order valence-corrected chi connectivity index (χ0v) is 13.3. The van der Waals surface area contributed by atoms with Gasteiger partial charge in [-0.1, -0.05) is 25.5 Å². The Morgan fingerprint density at radius 2 is 2.15 bits per heavy atom. The molecule has 2 rings (SSSR count). The van der Waals surface area contributed by atoms with Crippen molar-refractivity contribution >= 4 is 0 Å². The van der Waals surface area contributed by atoms with Gasteiger partial charge >= 0.3 is 0 Å². The quantitative estimate of drug-likeness (QED) is 0.806. The first-order valence-electron chi connectivity index (χ1n) is 7.71. The Hall–Kier alpha value is -1.06. The molecule has 0 aromatic carbocycles. The van der Waals surface area contributed by atoms with E-state index in [-0.39, 0.29) is 0 Å². The largest absolute Gasteiger partial charge is 0.465 e.